The van der Waals surface area contributed by atoms with Crippen LogP contribution in [0, 0.1) is 0 Å². The van der Waals surface area contributed by atoms with Crippen LogP contribution in [0.3, 0.4) is 0 Å². The number of nitrogens with zero attached hydrogens (tertiary/aromatic N) is 1. The molecule has 0 radical (unpaired) electrons. The number of hydrogen-bond donors (Lipinski definition) is 4. The van der Waals surface area contributed by atoms with Gasteiger partial charge in [-0.3, -0.25) is 5.01 Å². The van der Waals surface area contributed by atoms with Crippen LogP contribution in [0.4, 0.5) is 20.6 Å². The number of anilines is 2. The van der Waals surface area contributed by atoms with Gasteiger partial charge >= 0.3 is 6.03 Å². The molecule has 1 aliphatic carbocycles. The number of rotatable bonds is 6. The summed E-state index contributed by atoms with van der Waals surface area (Å²) >= 11 is 0. The number of carbonyl (C=O) groups is 1. The fourth-order valence-corrected chi connectivity index (χ4v) is 2.69. The van der Waals surface area contributed by atoms with E-state index in [2.05, 4.69) is 28.5 Å². The number of carbonyl (C=O) groups excluding carboxylic acids is 1. The molecule has 1 aromatic rings. The van der Waals surface area contributed by atoms with Gasteiger partial charge in [-0.25, -0.2) is 9.18 Å². The quantitative estimate of drug-likeness (QED) is 0.601. The highest BCUT2D eigenvalue weighted by atomic mass is 19.1. The van der Waals surface area contributed by atoms with Gasteiger partial charge in [0.25, 0.3) is 0 Å². The van der Waals surface area contributed by atoms with E-state index in [9.17, 15) is 9.18 Å². The Balaban J connectivity index is 1.55. The number of amides is 2. The summed E-state index contributed by atoms with van der Waals surface area (Å²) in [6, 6.07) is 7.00. The number of unbranched alkanes of at least 4 members (excludes halogenated alkanes) is 1. The van der Waals surface area contributed by atoms with Crippen molar-refractivity contribution in [3.8, 4) is 0 Å². The third-order valence-electron chi connectivity index (χ3n) is 4.12. The summed E-state index contributed by atoms with van der Waals surface area (Å²) in [5.41, 5.74) is 9.39. The van der Waals surface area contributed by atoms with E-state index in [1.165, 1.54) is 12.2 Å². The molecule has 3 rings (SSSR count). The van der Waals surface area contributed by atoms with Crippen LogP contribution in [-0.4, -0.2) is 6.03 Å². The van der Waals surface area contributed by atoms with Crippen LogP contribution in [0.25, 0.3) is 0 Å². The van der Waals surface area contributed by atoms with Crippen molar-refractivity contribution in [1.82, 2.24) is 16.3 Å². The van der Waals surface area contributed by atoms with E-state index in [0.29, 0.717) is 17.8 Å². The van der Waals surface area contributed by atoms with Crippen molar-refractivity contribution in [2.24, 2.45) is 0 Å². The van der Waals surface area contributed by atoms with E-state index in [1.54, 1.807) is 12.2 Å². The normalized spacial score (nSPS) is 16.1. The first-order valence-electron chi connectivity index (χ1n) is 9.07. The Hall–Kier alpha value is -3.06. The van der Waals surface area contributed by atoms with Gasteiger partial charge in [0.1, 0.15) is 5.83 Å². The maximum absolute atomic E-state index is 13.4. The average Bonchev–Trinajstić information content (AvgIpc) is 3.03. The van der Waals surface area contributed by atoms with Crippen molar-refractivity contribution in [3.63, 3.8) is 0 Å². The molecule has 1 heterocycles. The largest absolute Gasteiger partial charge is 0.323 e. The Morgan fingerprint density at radius 3 is 2.85 bits per heavy atom. The lowest BCUT2D eigenvalue weighted by Gasteiger charge is -2.16. The van der Waals surface area contributed by atoms with Crippen LogP contribution in [-0.2, 0) is 0 Å². The minimum atomic E-state index is -0.420. The molecule has 0 saturated carbocycles. The predicted octanol–water partition coefficient (Wildman–Crippen LogP) is 4.37. The molecule has 0 saturated heterocycles. The fraction of sp³-hybridized carbons (Fsp3) is 0.250. The SMILES string of the molecule is CCCCC1=CN(c2ccc(NC(=O)NC3=CC(F)=CCC=C3)cc2)NN1. The van der Waals surface area contributed by atoms with Gasteiger partial charge in [-0.1, -0.05) is 19.4 Å². The minimum absolute atomic E-state index is 0.363. The summed E-state index contributed by atoms with van der Waals surface area (Å²) in [6.07, 6.45) is 12.0. The van der Waals surface area contributed by atoms with Crippen molar-refractivity contribution in [3.05, 3.63) is 72.0 Å². The lowest BCUT2D eigenvalue weighted by molar-refractivity contribution is 0.254. The first kappa shape index (κ1) is 18.7. The molecule has 2 amide bonds. The van der Waals surface area contributed by atoms with Crippen molar-refractivity contribution < 1.29 is 9.18 Å². The Bertz CT molecular complexity index is 795. The van der Waals surface area contributed by atoms with E-state index >= 15 is 0 Å². The summed E-state index contributed by atoms with van der Waals surface area (Å²) in [5, 5.41) is 7.27. The van der Waals surface area contributed by atoms with Gasteiger partial charge in [0.05, 0.1) is 5.69 Å². The number of urea groups is 1. The zero-order valence-corrected chi connectivity index (χ0v) is 15.3. The number of hydrazine groups is 2. The molecule has 1 aromatic carbocycles. The molecular formula is C20H24FN5O. The lowest BCUT2D eigenvalue weighted by atomic mass is 10.2. The van der Waals surface area contributed by atoms with Crippen LogP contribution < -0.4 is 26.6 Å². The molecule has 0 aromatic heterocycles. The number of halogens is 1. The third kappa shape index (κ3) is 5.46. The van der Waals surface area contributed by atoms with E-state index in [0.717, 1.165) is 30.6 Å². The number of nitrogens with one attached hydrogen (secondary N) is 4. The second-order valence-electron chi connectivity index (χ2n) is 6.32. The lowest BCUT2D eigenvalue weighted by Crippen LogP contribution is -2.36. The van der Waals surface area contributed by atoms with E-state index in [1.807, 2.05) is 35.5 Å². The van der Waals surface area contributed by atoms with Gasteiger partial charge in [0, 0.05) is 23.3 Å². The van der Waals surface area contributed by atoms with Gasteiger partial charge in [0.15, 0.2) is 0 Å². The second-order valence-corrected chi connectivity index (χ2v) is 6.32. The Labute approximate surface area is 158 Å². The predicted molar refractivity (Wildman–Crippen MR) is 106 cm³/mol. The molecule has 2 aliphatic rings. The number of hydrogen-bond acceptors (Lipinski definition) is 4. The summed E-state index contributed by atoms with van der Waals surface area (Å²) < 4.78 is 13.4. The molecule has 142 valence electrons. The molecule has 0 spiro atoms. The smallest absolute Gasteiger partial charge is 0.308 e. The Morgan fingerprint density at radius 1 is 1.26 bits per heavy atom. The maximum atomic E-state index is 13.4. The van der Waals surface area contributed by atoms with Crippen molar-refractivity contribution in [1.29, 1.82) is 0 Å². The van der Waals surface area contributed by atoms with Gasteiger partial charge in [-0.05, 0) is 61.8 Å². The number of benzene rings is 1. The van der Waals surface area contributed by atoms with Crippen molar-refractivity contribution in [2.45, 2.75) is 32.6 Å². The van der Waals surface area contributed by atoms with Crippen molar-refractivity contribution in [2.75, 3.05) is 10.3 Å². The van der Waals surface area contributed by atoms with Crippen molar-refractivity contribution >= 4 is 17.4 Å². The summed E-state index contributed by atoms with van der Waals surface area (Å²) in [7, 11) is 0. The van der Waals surface area contributed by atoms with Crippen LogP contribution in [0.2, 0.25) is 0 Å². The maximum Gasteiger partial charge on any atom is 0.323 e. The highest BCUT2D eigenvalue weighted by molar-refractivity contribution is 5.91. The third-order valence-corrected chi connectivity index (χ3v) is 4.12. The zero-order chi connectivity index (χ0) is 19.1. The van der Waals surface area contributed by atoms with Crippen LogP contribution in [0.15, 0.2) is 72.0 Å². The Kier molecular flexibility index (Phi) is 6.27. The molecular weight excluding hydrogens is 345 g/mol. The summed E-state index contributed by atoms with van der Waals surface area (Å²) in [6.45, 7) is 2.17. The number of allylic oxidation sites excluding steroid dienone is 6. The standard InChI is InChI=1S/C20H24FN5O/c1-2-3-7-18-14-26(25-24-18)19-11-9-16(10-12-19)22-20(27)23-17-8-5-4-6-15(21)13-17/h5-6,8-14,24-25H,2-4,7H2,1H3,(H2,22,23,27). The monoisotopic (exact) mass is 369 g/mol. The molecule has 6 nitrogen and oxygen atoms in total. The molecule has 4 N–H and O–H groups in total. The van der Waals surface area contributed by atoms with E-state index in [-0.39, 0.29) is 5.83 Å². The van der Waals surface area contributed by atoms with E-state index < -0.39 is 6.03 Å². The first-order valence-corrected chi connectivity index (χ1v) is 9.07. The Morgan fingerprint density at radius 2 is 2.07 bits per heavy atom. The molecule has 7 heteroatoms. The second kappa shape index (κ2) is 9.05. The highest BCUT2D eigenvalue weighted by Gasteiger charge is 2.12. The van der Waals surface area contributed by atoms with Gasteiger partial charge < -0.3 is 16.1 Å². The summed E-state index contributed by atoms with van der Waals surface area (Å²) in [5.74, 6) is -0.363. The molecule has 1 aliphatic heterocycles. The van der Waals surface area contributed by atoms with Crippen LogP contribution in [0.5, 0.6) is 0 Å². The van der Waals surface area contributed by atoms with Gasteiger partial charge in [-0.2, -0.15) is 0 Å². The molecule has 0 atom stereocenters. The fourth-order valence-electron chi connectivity index (χ4n) is 2.69. The molecule has 0 fully saturated rings. The van der Waals surface area contributed by atoms with Crippen LogP contribution >= 0.6 is 0 Å². The van der Waals surface area contributed by atoms with Crippen LogP contribution in [0.1, 0.15) is 32.6 Å². The molecule has 0 unspecified atom stereocenters. The van der Waals surface area contributed by atoms with Gasteiger partial charge in [0.2, 0.25) is 0 Å². The average molecular weight is 369 g/mol. The van der Waals surface area contributed by atoms with Gasteiger partial charge in [-0.15, -0.1) is 5.53 Å². The first-order chi connectivity index (χ1) is 13.1. The van der Waals surface area contributed by atoms with E-state index in [4.69, 9.17) is 0 Å². The molecule has 0 bridgehead atoms. The minimum Gasteiger partial charge on any atom is -0.308 e. The highest BCUT2D eigenvalue weighted by Crippen LogP contribution is 2.20. The molecule has 27 heavy (non-hydrogen) atoms. The topological polar surface area (TPSA) is 68.4 Å². The zero-order valence-electron chi connectivity index (χ0n) is 15.3. The summed E-state index contributed by atoms with van der Waals surface area (Å²) in [4.78, 5) is 12.1.